The maximum atomic E-state index is 11.6. The Hall–Kier alpha value is -0.610. The Labute approximate surface area is 111 Å². The van der Waals surface area contributed by atoms with Gasteiger partial charge in [0.1, 0.15) is 6.61 Å². The summed E-state index contributed by atoms with van der Waals surface area (Å²) in [7, 11) is 0. The third-order valence-electron chi connectivity index (χ3n) is 3.65. The first-order chi connectivity index (χ1) is 8.76. The van der Waals surface area contributed by atoms with Crippen LogP contribution in [0.2, 0.25) is 0 Å². The summed E-state index contributed by atoms with van der Waals surface area (Å²) < 4.78 is 5.45. The van der Waals surface area contributed by atoms with Crippen LogP contribution in [0, 0.1) is 5.92 Å². The minimum absolute atomic E-state index is 0.0190. The first-order valence-corrected chi connectivity index (χ1v) is 7.34. The molecule has 1 heterocycles. The molecule has 0 aromatic heterocycles. The van der Waals surface area contributed by atoms with Gasteiger partial charge in [-0.05, 0) is 51.1 Å². The van der Waals surface area contributed by atoms with Crippen molar-refractivity contribution in [1.29, 1.82) is 0 Å². The second-order valence-electron chi connectivity index (χ2n) is 5.13. The third kappa shape index (κ3) is 6.36. The lowest BCUT2D eigenvalue weighted by Gasteiger charge is -2.22. The minimum atomic E-state index is 0.0190. The molecule has 1 amide bonds. The number of ether oxygens (including phenoxy) is 1. The largest absolute Gasteiger partial charge is 0.372 e. The summed E-state index contributed by atoms with van der Waals surface area (Å²) in [5, 5.41) is 6.37. The zero-order valence-corrected chi connectivity index (χ0v) is 11.8. The van der Waals surface area contributed by atoms with E-state index in [0.29, 0.717) is 12.6 Å². The normalized spacial score (nSPS) is 20.1. The monoisotopic (exact) mass is 256 g/mol. The molecule has 0 saturated carbocycles. The molecule has 1 aliphatic rings. The summed E-state index contributed by atoms with van der Waals surface area (Å²) in [4.78, 5) is 11.6. The lowest BCUT2D eigenvalue weighted by atomic mass is 9.97. The number of carbonyl (C=O) groups is 1. The molecule has 1 unspecified atom stereocenters. The van der Waals surface area contributed by atoms with Gasteiger partial charge >= 0.3 is 0 Å². The van der Waals surface area contributed by atoms with Crippen LogP contribution >= 0.6 is 0 Å². The highest BCUT2D eigenvalue weighted by atomic mass is 16.5. The van der Waals surface area contributed by atoms with Gasteiger partial charge in [-0.2, -0.15) is 0 Å². The van der Waals surface area contributed by atoms with E-state index in [1.54, 1.807) is 0 Å². The van der Waals surface area contributed by atoms with Crippen molar-refractivity contribution in [2.45, 2.75) is 52.0 Å². The Morgan fingerprint density at radius 1 is 1.44 bits per heavy atom. The quantitative estimate of drug-likeness (QED) is 0.650. The van der Waals surface area contributed by atoms with E-state index in [4.69, 9.17) is 4.74 Å². The first-order valence-electron chi connectivity index (χ1n) is 7.34. The molecule has 1 saturated heterocycles. The van der Waals surface area contributed by atoms with Crippen LogP contribution in [0.25, 0.3) is 0 Å². The van der Waals surface area contributed by atoms with Gasteiger partial charge in [0.05, 0.1) is 0 Å². The molecule has 4 nitrogen and oxygen atoms in total. The van der Waals surface area contributed by atoms with E-state index >= 15 is 0 Å². The predicted octanol–water partition coefficient (Wildman–Crippen LogP) is 1.70. The van der Waals surface area contributed by atoms with Gasteiger partial charge in [0, 0.05) is 12.6 Å². The Morgan fingerprint density at radius 3 is 2.83 bits per heavy atom. The molecule has 0 radical (unpaired) electrons. The molecule has 1 aliphatic heterocycles. The first kappa shape index (κ1) is 15.4. The number of piperidine rings is 1. The minimum Gasteiger partial charge on any atom is -0.372 e. The summed E-state index contributed by atoms with van der Waals surface area (Å²) in [5.41, 5.74) is 0. The van der Waals surface area contributed by atoms with Crippen molar-refractivity contribution >= 4 is 5.91 Å². The summed E-state index contributed by atoms with van der Waals surface area (Å²) in [6, 6.07) is 0.295. The van der Waals surface area contributed by atoms with Gasteiger partial charge in [-0.25, -0.2) is 0 Å². The molecular formula is C14H28N2O2. The zero-order valence-electron chi connectivity index (χ0n) is 11.8. The topological polar surface area (TPSA) is 50.4 Å². The van der Waals surface area contributed by atoms with E-state index in [-0.39, 0.29) is 12.5 Å². The number of amides is 1. The van der Waals surface area contributed by atoms with Gasteiger partial charge in [-0.3, -0.25) is 4.79 Å². The summed E-state index contributed by atoms with van der Waals surface area (Å²) in [5.74, 6) is 0.742. The number of rotatable bonds is 8. The van der Waals surface area contributed by atoms with Crippen molar-refractivity contribution < 1.29 is 9.53 Å². The fourth-order valence-corrected chi connectivity index (χ4v) is 2.35. The van der Waals surface area contributed by atoms with Gasteiger partial charge in [0.2, 0.25) is 5.91 Å². The van der Waals surface area contributed by atoms with Crippen LogP contribution in [-0.4, -0.2) is 38.3 Å². The van der Waals surface area contributed by atoms with E-state index in [2.05, 4.69) is 24.5 Å². The highest BCUT2D eigenvalue weighted by molar-refractivity contribution is 5.77. The Bertz CT molecular complexity index is 224. The molecule has 18 heavy (non-hydrogen) atoms. The Balaban J connectivity index is 2.01. The number of hydrogen-bond donors (Lipinski definition) is 2. The van der Waals surface area contributed by atoms with Gasteiger partial charge in [0.15, 0.2) is 0 Å². The average Bonchev–Trinajstić information content (AvgIpc) is 2.42. The molecular weight excluding hydrogens is 228 g/mol. The maximum absolute atomic E-state index is 11.6. The van der Waals surface area contributed by atoms with Crippen molar-refractivity contribution in [3.05, 3.63) is 0 Å². The van der Waals surface area contributed by atoms with E-state index in [1.807, 2.05) is 0 Å². The fourth-order valence-electron chi connectivity index (χ4n) is 2.35. The van der Waals surface area contributed by atoms with E-state index < -0.39 is 0 Å². The highest BCUT2D eigenvalue weighted by Crippen LogP contribution is 2.13. The van der Waals surface area contributed by atoms with Crippen LogP contribution in [0.4, 0.5) is 0 Å². The molecule has 4 heteroatoms. The van der Waals surface area contributed by atoms with Gasteiger partial charge in [-0.1, -0.05) is 13.8 Å². The molecule has 0 bridgehead atoms. The van der Waals surface area contributed by atoms with Crippen LogP contribution < -0.4 is 10.6 Å². The fraction of sp³-hybridized carbons (Fsp3) is 0.929. The van der Waals surface area contributed by atoms with Crippen molar-refractivity contribution in [3.63, 3.8) is 0 Å². The molecule has 1 fully saturated rings. The Kier molecular flexibility index (Phi) is 8.01. The standard InChI is InChI=1S/C14H28N2O2/c1-3-13(4-2)16-14(17)11-18-9-7-12-6-5-8-15-10-12/h12-13,15H,3-11H2,1-2H3,(H,16,17). The maximum Gasteiger partial charge on any atom is 0.246 e. The second-order valence-corrected chi connectivity index (χ2v) is 5.13. The SMILES string of the molecule is CCC(CC)NC(=O)COCCC1CCCNC1. The number of nitrogens with one attached hydrogen (secondary N) is 2. The molecule has 0 spiro atoms. The van der Waals surface area contributed by atoms with Gasteiger partial charge in [-0.15, -0.1) is 0 Å². The molecule has 1 atom stereocenters. The van der Waals surface area contributed by atoms with E-state index in [1.165, 1.54) is 12.8 Å². The van der Waals surface area contributed by atoms with Crippen LogP contribution in [0.5, 0.6) is 0 Å². The lowest BCUT2D eigenvalue weighted by Crippen LogP contribution is -2.36. The van der Waals surface area contributed by atoms with E-state index in [0.717, 1.165) is 38.3 Å². The Morgan fingerprint density at radius 2 is 2.22 bits per heavy atom. The molecule has 1 rings (SSSR count). The summed E-state index contributed by atoms with van der Waals surface area (Å²) in [6.07, 6.45) is 5.58. The van der Waals surface area contributed by atoms with Gasteiger partial charge in [0.25, 0.3) is 0 Å². The zero-order chi connectivity index (χ0) is 13.2. The summed E-state index contributed by atoms with van der Waals surface area (Å²) >= 11 is 0. The average molecular weight is 256 g/mol. The lowest BCUT2D eigenvalue weighted by molar-refractivity contribution is -0.126. The molecule has 106 valence electrons. The molecule has 0 aliphatic carbocycles. The van der Waals surface area contributed by atoms with Crippen LogP contribution in [0.15, 0.2) is 0 Å². The smallest absolute Gasteiger partial charge is 0.246 e. The predicted molar refractivity (Wildman–Crippen MR) is 73.5 cm³/mol. The van der Waals surface area contributed by atoms with E-state index in [9.17, 15) is 4.79 Å². The number of carbonyl (C=O) groups excluding carboxylic acids is 1. The number of hydrogen-bond acceptors (Lipinski definition) is 3. The van der Waals surface area contributed by atoms with Crippen molar-refractivity contribution in [2.75, 3.05) is 26.3 Å². The summed E-state index contributed by atoms with van der Waals surface area (Å²) in [6.45, 7) is 7.33. The third-order valence-corrected chi connectivity index (χ3v) is 3.65. The van der Waals surface area contributed by atoms with Crippen LogP contribution in [0.3, 0.4) is 0 Å². The van der Waals surface area contributed by atoms with Crippen molar-refractivity contribution in [1.82, 2.24) is 10.6 Å². The highest BCUT2D eigenvalue weighted by Gasteiger charge is 2.13. The van der Waals surface area contributed by atoms with Crippen LogP contribution in [0.1, 0.15) is 46.0 Å². The van der Waals surface area contributed by atoms with Crippen molar-refractivity contribution in [3.8, 4) is 0 Å². The molecule has 0 aromatic carbocycles. The van der Waals surface area contributed by atoms with Crippen LogP contribution in [-0.2, 0) is 9.53 Å². The van der Waals surface area contributed by atoms with Crippen molar-refractivity contribution in [2.24, 2.45) is 5.92 Å². The van der Waals surface area contributed by atoms with Gasteiger partial charge < -0.3 is 15.4 Å². The molecule has 2 N–H and O–H groups in total. The second kappa shape index (κ2) is 9.34. The molecule has 0 aromatic rings.